The lowest BCUT2D eigenvalue weighted by Crippen LogP contribution is -2.50. The Balaban J connectivity index is 1.23. The number of furan rings is 1. The summed E-state index contributed by atoms with van der Waals surface area (Å²) < 4.78 is 6.64. The summed E-state index contributed by atoms with van der Waals surface area (Å²) in [6, 6.07) is 24.4. The van der Waals surface area contributed by atoms with Crippen molar-refractivity contribution in [1.29, 1.82) is 0 Å². The third kappa shape index (κ3) is 5.33. The maximum Gasteiger partial charge on any atom is 0.289 e. The molecular weight excluding hydrogens is 578 g/mol. The third-order valence-corrected chi connectivity index (χ3v) is 7.57. The highest BCUT2D eigenvalue weighted by atomic mass is 79.9. The summed E-state index contributed by atoms with van der Waals surface area (Å²) in [6.45, 7) is 1.71. The molecule has 0 atom stereocenters. The molecule has 1 aliphatic heterocycles. The van der Waals surface area contributed by atoms with Crippen LogP contribution in [0.1, 0.15) is 32.2 Å². The Morgan fingerprint density at radius 3 is 2.31 bits per heavy atom. The predicted octanol–water partition coefficient (Wildman–Crippen LogP) is 7.17. The first-order valence-corrected chi connectivity index (χ1v) is 13.7. The summed E-state index contributed by atoms with van der Waals surface area (Å²) in [4.78, 5) is 35.1. The summed E-state index contributed by atoms with van der Waals surface area (Å²) in [7, 11) is 0. The van der Waals surface area contributed by atoms with Crippen LogP contribution in [0.2, 0.25) is 5.02 Å². The van der Waals surface area contributed by atoms with E-state index in [0.717, 1.165) is 26.3 Å². The summed E-state index contributed by atoms with van der Waals surface area (Å²) in [5.41, 5.74) is 3.66. The summed E-state index contributed by atoms with van der Waals surface area (Å²) in [5, 5.41) is 2.35. The Morgan fingerprint density at radius 2 is 1.56 bits per heavy atom. The van der Waals surface area contributed by atoms with E-state index in [1.807, 2.05) is 84.9 Å². The maximum atomic E-state index is 13.8. The van der Waals surface area contributed by atoms with Crippen LogP contribution < -0.4 is 0 Å². The maximum absolute atomic E-state index is 13.8. The van der Waals surface area contributed by atoms with Crippen LogP contribution in [0.25, 0.3) is 34.0 Å². The normalized spacial score (nSPS) is 14.0. The van der Waals surface area contributed by atoms with Gasteiger partial charge >= 0.3 is 0 Å². The zero-order valence-corrected chi connectivity index (χ0v) is 23.2. The highest BCUT2D eigenvalue weighted by molar-refractivity contribution is 9.10. The Hall–Kier alpha value is -3.94. The van der Waals surface area contributed by atoms with Crippen molar-refractivity contribution in [1.82, 2.24) is 14.8 Å². The lowest BCUT2D eigenvalue weighted by atomic mass is 10.0. The van der Waals surface area contributed by atoms with Crippen LogP contribution in [-0.4, -0.2) is 52.8 Å². The van der Waals surface area contributed by atoms with Gasteiger partial charge in [-0.05, 0) is 60.2 Å². The first-order chi connectivity index (χ1) is 18.9. The monoisotopic (exact) mass is 599 g/mol. The van der Waals surface area contributed by atoms with Crippen LogP contribution in [0.4, 0.5) is 0 Å². The summed E-state index contributed by atoms with van der Waals surface area (Å²) in [6.07, 6.45) is 3.84. The number of fused-ring (bicyclic) bond motifs is 2. The van der Waals surface area contributed by atoms with Crippen LogP contribution in [0.15, 0.2) is 87.8 Å². The third-order valence-electron chi connectivity index (χ3n) is 6.83. The van der Waals surface area contributed by atoms with E-state index in [-0.39, 0.29) is 11.8 Å². The number of aromatic nitrogens is 1. The first-order valence-electron chi connectivity index (χ1n) is 12.6. The average molecular weight is 601 g/mol. The Kier molecular flexibility index (Phi) is 6.94. The zero-order valence-electron chi connectivity index (χ0n) is 20.8. The van der Waals surface area contributed by atoms with Gasteiger partial charge in [-0.25, -0.2) is 4.98 Å². The number of para-hydroxylation sites is 1. The van der Waals surface area contributed by atoms with Gasteiger partial charge in [-0.3, -0.25) is 9.59 Å². The van der Waals surface area contributed by atoms with Crippen molar-refractivity contribution in [3.63, 3.8) is 0 Å². The molecule has 0 saturated carbocycles. The van der Waals surface area contributed by atoms with Crippen LogP contribution >= 0.6 is 27.5 Å². The molecule has 8 heteroatoms. The van der Waals surface area contributed by atoms with Gasteiger partial charge in [0.05, 0.1) is 16.8 Å². The second kappa shape index (κ2) is 10.7. The number of hydrogen-bond acceptors (Lipinski definition) is 4. The molecule has 0 radical (unpaired) electrons. The van der Waals surface area contributed by atoms with E-state index in [4.69, 9.17) is 21.0 Å². The van der Waals surface area contributed by atoms with Gasteiger partial charge in [0.1, 0.15) is 5.58 Å². The number of rotatable bonds is 4. The van der Waals surface area contributed by atoms with Gasteiger partial charge in [0.2, 0.25) is 0 Å². The fraction of sp³-hybridized carbons (Fsp3) is 0.129. The largest absolute Gasteiger partial charge is 0.451 e. The van der Waals surface area contributed by atoms with Crippen LogP contribution in [0.5, 0.6) is 0 Å². The van der Waals surface area contributed by atoms with Crippen molar-refractivity contribution >= 4 is 73.4 Å². The molecule has 3 heterocycles. The highest BCUT2D eigenvalue weighted by Gasteiger charge is 2.28. The van der Waals surface area contributed by atoms with Crippen LogP contribution in [0, 0.1) is 0 Å². The molecule has 39 heavy (non-hydrogen) atoms. The number of carbonyl (C=O) groups is 2. The predicted molar refractivity (Wildman–Crippen MR) is 158 cm³/mol. The number of halogens is 2. The fourth-order valence-electron chi connectivity index (χ4n) is 4.76. The van der Waals surface area contributed by atoms with E-state index in [9.17, 15) is 9.59 Å². The van der Waals surface area contributed by atoms with Gasteiger partial charge < -0.3 is 14.2 Å². The molecule has 3 aromatic carbocycles. The fourth-order valence-corrected chi connectivity index (χ4v) is 5.25. The van der Waals surface area contributed by atoms with Crippen LogP contribution in [-0.2, 0) is 0 Å². The Bertz CT molecular complexity index is 1700. The second-order valence-corrected chi connectivity index (χ2v) is 10.7. The van der Waals surface area contributed by atoms with Gasteiger partial charge in [0, 0.05) is 46.4 Å². The van der Waals surface area contributed by atoms with Crippen molar-refractivity contribution in [2.75, 3.05) is 26.2 Å². The Labute approximate surface area is 238 Å². The van der Waals surface area contributed by atoms with E-state index in [1.165, 1.54) is 0 Å². The second-order valence-electron chi connectivity index (χ2n) is 9.37. The summed E-state index contributed by atoms with van der Waals surface area (Å²) >= 11 is 9.53. The Morgan fingerprint density at radius 1 is 0.846 bits per heavy atom. The molecule has 1 aliphatic rings. The SMILES string of the molecule is O=C(c1cc2ccccc2o1)N1CCN(C(=O)c2cc(/C=C/c3ccc(Cl)cc3)nc3ccc(Br)cc23)CC1. The molecule has 194 valence electrons. The van der Waals surface area contributed by atoms with E-state index >= 15 is 0 Å². The molecule has 0 bridgehead atoms. The molecule has 1 fully saturated rings. The summed E-state index contributed by atoms with van der Waals surface area (Å²) in [5.74, 6) is 0.0711. The lowest BCUT2D eigenvalue weighted by Gasteiger charge is -2.34. The van der Waals surface area contributed by atoms with Gasteiger partial charge in [0.25, 0.3) is 11.8 Å². The molecule has 0 aliphatic carbocycles. The van der Waals surface area contributed by atoms with Gasteiger partial charge in [-0.1, -0.05) is 63.9 Å². The molecule has 6 rings (SSSR count). The molecule has 2 amide bonds. The van der Waals surface area contributed by atoms with Gasteiger partial charge in [-0.2, -0.15) is 0 Å². The number of pyridine rings is 1. The first kappa shape index (κ1) is 25.3. The van der Waals surface area contributed by atoms with Crippen molar-refractivity contribution < 1.29 is 14.0 Å². The number of nitrogens with zero attached hydrogens (tertiary/aromatic N) is 3. The van der Waals surface area contributed by atoms with Crippen LogP contribution in [0.3, 0.4) is 0 Å². The highest BCUT2D eigenvalue weighted by Crippen LogP contribution is 2.26. The average Bonchev–Trinajstić information content (AvgIpc) is 3.40. The molecule has 6 nitrogen and oxygen atoms in total. The van der Waals surface area contributed by atoms with E-state index in [1.54, 1.807) is 15.9 Å². The molecule has 0 N–H and O–H groups in total. The van der Waals surface area contributed by atoms with E-state index in [2.05, 4.69) is 15.9 Å². The molecule has 0 spiro atoms. The number of piperazine rings is 1. The van der Waals surface area contributed by atoms with Crippen molar-refractivity contribution in [2.24, 2.45) is 0 Å². The molecule has 5 aromatic rings. The molecule has 0 unspecified atom stereocenters. The van der Waals surface area contributed by atoms with Gasteiger partial charge in [0.15, 0.2) is 5.76 Å². The van der Waals surface area contributed by atoms with Crippen molar-refractivity contribution in [3.05, 3.63) is 111 Å². The van der Waals surface area contributed by atoms with Crippen molar-refractivity contribution in [3.8, 4) is 0 Å². The molecule has 2 aromatic heterocycles. The lowest BCUT2D eigenvalue weighted by molar-refractivity contribution is 0.0520. The minimum Gasteiger partial charge on any atom is -0.451 e. The minimum absolute atomic E-state index is 0.0857. The number of carbonyl (C=O) groups excluding carboxylic acids is 2. The standard InChI is InChI=1S/C31H23BrClN3O3/c32-22-8-12-27-25(18-22)26(19-24(34-27)11-7-20-5-9-23(33)10-6-20)30(37)35-13-15-36(16-14-35)31(38)29-17-21-3-1-2-4-28(21)39-29/h1-12,17-19H,13-16H2/b11-7+. The zero-order chi connectivity index (χ0) is 26.9. The van der Waals surface area contributed by atoms with Gasteiger partial charge in [-0.15, -0.1) is 0 Å². The topological polar surface area (TPSA) is 66.7 Å². The van der Waals surface area contributed by atoms with E-state index < -0.39 is 0 Å². The van der Waals surface area contributed by atoms with Crippen molar-refractivity contribution in [2.45, 2.75) is 0 Å². The number of hydrogen-bond donors (Lipinski definition) is 0. The minimum atomic E-state index is -0.161. The molecular formula is C31H23BrClN3O3. The molecule has 1 saturated heterocycles. The number of benzene rings is 3. The van der Waals surface area contributed by atoms with E-state index in [0.29, 0.717) is 53.8 Å². The number of amides is 2. The quantitative estimate of drug-likeness (QED) is 0.219. The smallest absolute Gasteiger partial charge is 0.289 e.